The number of alkyl halides is 3. The molecule has 2 atom stereocenters. The Bertz CT molecular complexity index is 957. The summed E-state index contributed by atoms with van der Waals surface area (Å²) in [6, 6.07) is 10.3. The minimum atomic E-state index is -4.47. The van der Waals surface area contributed by atoms with Crippen molar-refractivity contribution in [1.29, 1.82) is 0 Å². The highest BCUT2D eigenvalue weighted by Crippen LogP contribution is 2.63. The highest BCUT2D eigenvalue weighted by molar-refractivity contribution is 9.11. The fourth-order valence-corrected chi connectivity index (χ4v) is 4.41. The van der Waals surface area contributed by atoms with Gasteiger partial charge in [0.2, 0.25) is 5.88 Å². The molecular weight excluding hydrogens is 470 g/mol. The summed E-state index contributed by atoms with van der Waals surface area (Å²) in [5, 5.41) is 0. The van der Waals surface area contributed by atoms with E-state index in [0.29, 0.717) is 11.4 Å². The van der Waals surface area contributed by atoms with Crippen molar-refractivity contribution in [2.24, 2.45) is 17.3 Å². The van der Waals surface area contributed by atoms with Gasteiger partial charge < -0.3 is 9.47 Å². The molecule has 4 nitrogen and oxygen atoms in total. The number of esters is 1. The van der Waals surface area contributed by atoms with Crippen molar-refractivity contribution in [2.75, 3.05) is 0 Å². The predicted octanol–water partition coefficient (Wildman–Crippen LogP) is 6.17. The van der Waals surface area contributed by atoms with Gasteiger partial charge in [0, 0.05) is 22.5 Å². The number of hydrogen-bond donors (Lipinski definition) is 0. The van der Waals surface area contributed by atoms with Crippen LogP contribution in [-0.4, -0.2) is 17.1 Å². The molecular formula is C21H18BrF4NO3. The Kier molecular flexibility index (Phi) is 6.21. The molecule has 0 unspecified atom stereocenters. The number of ether oxygens (including phenoxy) is 2. The fourth-order valence-electron chi connectivity index (χ4n) is 3.29. The van der Waals surface area contributed by atoms with Gasteiger partial charge in [0.15, 0.2) is 0 Å². The number of halogens is 5. The molecule has 2 aromatic rings. The monoisotopic (exact) mass is 487 g/mol. The van der Waals surface area contributed by atoms with E-state index in [4.69, 9.17) is 9.47 Å². The number of carbonyl (C=O) groups is 1. The van der Waals surface area contributed by atoms with E-state index >= 15 is 0 Å². The summed E-state index contributed by atoms with van der Waals surface area (Å²) < 4.78 is 61.5. The molecule has 1 aliphatic rings. The standard InChI is InChI=1S/C21H18BrF4NO3/c1-20(2)17(15(22)10-21(24,25)26)18(20)19(28)29-11-13-4-3-5-16(27-13)30-14-8-6-12(23)7-9-14/h3-10,17-18H,11H2,1-2H3/b15-10-/t17-,18-/m1/s1. The number of hydrogen-bond acceptors (Lipinski definition) is 4. The molecule has 1 aromatic carbocycles. The predicted molar refractivity (Wildman–Crippen MR) is 104 cm³/mol. The van der Waals surface area contributed by atoms with Crippen LogP contribution >= 0.6 is 15.9 Å². The first-order valence-corrected chi connectivity index (χ1v) is 9.77. The molecule has 0 saturated heterocycles. The lowest BCUT2D eigenvalue weighted by Gasteiger charge is -2.08. The summed E-state index contributed by atoms with van der Waals surface area (Å²) in [5.41, 5.74) is -0.249. The molecule has 0 amide bonds. The maximum Gasteiger partial charge on any atom is 0.410 e. The second kappa shape index (κ2) is 8.37. The number of nitrogens with zero attached hydrogens (tertiary/aromatic N) is 1. The van der Waals surface area contributed by atoms with E-state index in [2.05, 4.69) is 20.9 Å². The molecule has 0 bridgehead atoms. The van der Waals surface area contributed by atoms with Crippen LogP contribution in [-0.2, 0) is 16.1 Å². The van der Waals surface area contributed by atoms with Gasteiger partial charge in [-0.15, -0.1) is 0 Å². The quantitative estimate of drug-likeness (QED) is 0.361. The Morgan fingerprint density at radius 3 is 2.47 bits per heavy atom. The molecule has 1 fully saturated rings. The van der Waals surface area contributed by atoms with Crippen molar-refractivity contribution in [1.82, 2.24) is 4.98 Å². The van der Waals surface area contributed by atoms with Gasteiger partial charge in [-0.25, -0.2) is 9.37 Å². The summed E-state index contributed by atoms with van der Waals surface area (Å²) in [6.07, 6.45) is -4.31. The zero-order valence-electron chi connectivity index (χ0n) is 16.0. The van der Waals surface area contributed by atoms with Crippen molar-refractivity contribution in [3.63, 3.8) is 0 Å². The van der Waals surface area contributed by atoms with Crippen molar-refractivity contribution in [2.45, 2.75) is 26.6 Å². The Morgan fingerprint density at radius 2 is 1.83 bits per heavy atom. The summed E-state index contributed by atoms with van der Waals surface area (Å²) >= 11 is 2.95. The highest BCUT2D eigenvalue weighted by atomic mass is 79.9. The molecule has 1 aromatic heterocycles. The maximum absolute atomic E-state index is 13.0. The third kappa shape index (κ3) is 5.38. The van der Waals surface area contributed by atoms with Crippen LogP contribution in [0.2, 0.25) is 0 Å². The fraction of sp³-hybridized carbons (Fsp3) is 0.333. The molecule has 3 rings (SSSR count). The summed E-state index contributed by atoms with van der Waals surface area (Å²) in [6.45, 7) is 3.27. The second-order valence-electron chi connectivity index (χ2n) is 7.48. The Balaban J connectivity index is 1.61. The lowest BCUT2D eigenvalue weighted by Crippen LogP contribution is -2.11. The molecule has 0 spiro atoms. The van der Waals surface area contributed by atoms with Crippen LogP contribution < -0.4 is 4.74 Å². The lowest BCUT2D eigenvalue weighted by molar-refractivity contribution is -0.147. The number of allylic oxidation sites excluding steroid dienone is 2. The third-order valence-electron chi connectivity index (χ3n) is 4.86. The van der Waals surface area contributed by atoms with E-state index in [-0.39, 0.29) is 23.0 Å². The largest absolute Gasteiger partial charge is 0.459 e. The highest BCUT2D eigenvalue weighted by Gasteiger charge is 2.64. The van der Waals surface area contributed by atoms with E-state index in [0.717, 1.165) is 0 Å². The Morgan fingerprint density at radius 1 is 1.17 bits per heavy atom. The molecule has 9 heteroatoms. The summed E-state index contributed by atoms with van der Waals surface area (Å²) in [7, 11) is 0. The molecule has 0 aliphatic heterocycles. The first-order valence-electron chi connectivity index (χ1n) is 8.98. The van der Waals surface area contributed by atoms with Crippen molar-refractivity contribution >= 4 is 21.9 Å². The second-order valence-corrected chi connectivity index (χ2v) is 8.39. The van der Waals surface area contributed by atoms with Gasteiger partial charge in [-0.05, 0) is 35.7 Å². The smallest absolute Gasteiger partial charge is 0.410 e. The van der Waals surface area contributed by atoms with Gasteiger partial charge in [-0.2, -0.15) is 13.2 Å². The molecule has 1 heterocycles. The van der Waals surface area contributed by atoms with E-state index in [1.54, 1.807) is 32.0 Å². The number of carbonyl (C=O) groups excluding carboxylic acids is 1. The van der Waals surface area contributed by atoms with Crippen LogP contribution in [0.3, 0.4) is 0 Å². The van der Waals surface area contributed by atoms with Gasteiger partial charge >= 0.3 is 12.1 Å². The average Bonchev–Trinajstić information content (AvgIpc) is 3.23. The maximum atomic E-state index is 13.0. The van der Waals surface area contributed by atoms with Crippen LogP contribution in [0.1, 0.15) is 19.5 Å². The number of aromatic nitrogens is 1. The van der Waals surface area contributed by atoms with Gasteiger partial charge in [0.25, 0.3) is 0 Å². The Hall–Kier alpha value is -2.42. The van der Waals surface area contributed by atoms with Crippen molar-refractivity contribution in [3.8, 4) is 11.6 Å². The molecule has 1 aliphatic carbocycles. The van der Waals surface area contributed by atoms with Crippen molar-refractivity contribution < 1.29 is 31.8 Å². The van der Waals surface area contributed by atoms with Crippen LogP contribution in [0.15, 0.2) is 53.0 Å². The van der Waals surface area contributed by atoms with Gasteiger partial charge in [0.1, 0.15) is 18.2 Å². The normalized spacial score (nSPS) is 20.6. The molecule has 0 radical (unpaired) electrons. The van der Waals surface area contributed by atoms with Gasteiger partial charge in [0.05, 0.1) is 11.6 Å². The first-order chi connectivity index (χ1) is 14.0. The van der Waals surface area contributed by atoms with E-state index < -0.39 is 35.2 Å². The zero-order valence-corrected chi connectivity index (χ0v) is 17.6. The summed E-state index contributed by atoms with van der Waals surface area (Å²) in [4.78, 5) is 16.7. The van der Waals surface area contributed by atoms with Crippen LogP contribution in [0.25, 0.3) is 0 Å². The van der Waals surface area contributed by atoms with Gasteiger partial charge in [-0.1, -0.05) is 35.8 Å². The van der Waals surface area contributed by atoms with E-state index in [1.165, 1.54) is 24.3 Å². The molecule has 30 heavy (non-hydrogen) atoms. The number of benzene rings is 1. The first kappa shape index (κ1) is 22.3. The van der Waals surface area contributed by atoms with Crippen LogP contribution in [0.4, 0.5) is 17.6 Å². The average molecular weight is 488 g/mol. The van der Waals surface area contributed by atoms with Gasteiger partial charge in [-0.3, -0.25) is 4.79 Å². The lowest BCUT2D eigenvalue weighted by atomic mass is 10.1. The topological polar surface area (TPSA) is 48.4 Å². The molecule has 1 saturated carbocycles. The minimum absolute atomic E-state index is 0.0743. The number of pyridine rings is 1. The van der Waals surface area contributed by atoms with Crippen LogP contribution in [0, 0.1) is 23.1 Å². The Labute approximate surface area is 179 Å². The van der Waals surface area contributed by atoms with E-state index in [9.17, 15) is 22.4 Å². The zero-order chi connectivity index (χ0) is 22.1. The number of rotatable bonds is 6. The third-order valence-corrected chi connectivity index (χ3v) is 5.58. The van der Waals surface area contributed by atoms with E-state index in [1.807, 2.05) is 0 Å². The summed E-state index contributed by atoms with van der Waals surface area (Å²) in [5.74, 6) is -1.66. The SMILES string of the molecule is CC1(C)[C@H](/C(Br)=C/C(F)(F)F)[C@@H]1C(=O)OCc1cccc(Oc2ccc(F)cc2)n1. The van der Waals surface area contributed by atoms with Crippen molar-refractivity contribution in [3.05, 3.63) is 64.5 Å². The minimum Gasteiger partial charge on any atom is -0.459 e. The molecule has 160 valence electrons. The van der Waals surface area contributed by atoms with Crippen LogP contribution in [0.5, 0.6) is 11.6 Å². The molecule has 0 N–H and O–H groups in total.